The summed E-state index contributed by atoms with van der Waals surface area (Å²) >= 11 is 0. The number of oxime groups is 1. The van der Waals surface area contributed by atoms with Crippen LogP contribution >= 0.6 is 0 Å². The van der Waals surface area contributed by atoms with Crippen LogP contribution in [0, 0.1) is 0 Å². The van der Waals surface area contributed by atoms with E-state index in [0.29, 0.717) is 11.4 Å². The second-order valence-corrected chi connectivity index (χ2v) is 5.89. The van der Waals surface area contributed by atoms with E-state index in [1.54, 1.807) is 18.2 Å². The highest BCUT2D eigenvalue weighted by Gasteiger charge is 2.16. The van der Waals surface area contributed by atoms with Crippen molar-refractivity contribution in [1.82, 2.24) is 0 Å². The first kappa shape index (κ1) is 11.9. The van der Waals surface area contributed by atoms with Gasteiger partial charge in [0.25, 0.3) is 0 Å². The molecule has 0 radical (unpaired) electrons. The van der Waals surface area contributed by atoms with E-state index in [-0.39, 0.29) is 0 Å². The minimum atomic E-state index is -3.25. The SMILES string of the molecule is CS(=O)(=O)Nc1ccc2c(c1)CCC/C2=N/O. The molecule has 1 aliphatic carbocycles. The average Bonchev–Trinajstić information content (AvgIpc) is 2.25. The molecule has 2 N–H and O–H groups in total. The van der Waals surface area contributed by atoms with Crippen LogP contribution in [0.15, 0.2) is 23.4 Å². The van der Waals surface area contributed by atoms with Crippen LogP contribution in [0.1, 0.15) is 24.0 Å². The highest BCUT2D eigenvalue weighted by atomic mass is 32.2. The maximum atomic E-state index is 11.1. The zero-order valence-electron chi connectivity index (χ0n) is 9.47. The maximum Gasteiger partial charge on any atom is 0.229 e. The molecule has 0 spiro atoms. The van der Waals surface area contributed by atoms with Crippen LogP contribution in [0.4, 0.5) is 5.69 Å². The number of anilines is 1. The summed E-state index contributed by atoms with van der Waals surface area (Å²) in [5.41, 5.74) is 3.12. The first-order valence-electron chi connectivity index (χ1n) is 5.31. The van der Waals surface area contributed by atoms with Gasteiger partial charge in [0.05, 0.1) is 12.0 Å². The fraction of sp³-hybridized carbons (Fsp3) is 0.364. The molecule has 0 bridgehead atoms. The lowest BCUT2D eigenvalue weighted by atomic mass is 9.90. The molecule has 17 heavy (non-hydrogen) atoms. The van der Waals surface area contributed by atoms with Gasteiger partial charge in [-0.3, -0.25) is 4.72 Å². The van der Waals surface area contributed by atoms with Gasteiger partial charge >= 0.3 is 0 Å². The standard InChI is InChI=1S/C11H14N2O3S/c1-17(15,16)13-9-5-6-10-8(7-9)3-2-4-11(10)12-14/h5-7,13-14H,2-4H2,1H3/b12-11-. The largest absolute Gasteiger partial charge is 0.411 e. The van der Waals surface area contributed by atoms with Crippen LogP contribution in [0.5, 0.6) is 0 Å². The highest BCUT2D eigenvalue weighted by molar-refractivity contribution is 7.92. The van der Waals surface area contributed by atoms with Crippen molar-refractivity contribution in [1.29, 1.82) is 0 Å². The first-order valence-corrected chi connectivity index (χ1v) is 7.21. The summed E-state index contributed by atoms with van der Waals surface area (Å²) < 4.78 is 24.7. The van der Waals surface area contributed by atoms with E-state index in [1.165, 1.54) is 0 Å². The summed E-state index contributed by atoms with van der Waals surface area (Å²) in [5, 5.41) is 12.1. The van der Waals surface area contributed by atoms with Gasteiger partial charge in [-0.2, -0.15) is 0 Å². The molecule has 5 nitrogen and oxygen atoms in total. The molecular weight excluding hydrogens is 240 g/mol. The molecule has 0 aromatic heterocycles. The summed E-state index contributed by atoms with van der Waals surface area (Å²) in [6.07, 6.45) is 3.65. The van der Waals surface area contributed by atoms with Gasteiger partial charge in [0.15, 0.2) is 0 Å². The van der Waals surface area contributed by atoms with E-state index in [0.717, 1.165) is 36.6 Å². The van der Waals surface area contributed by atoms with E-state index >= 15 is 0 Å². The fourth-order valence-corrected chi connectivity index (χ4v) is 2.60. The average molecular weight is 254 g/mol. The van der Waals surface area contributed by atoms with Crippen molar-refractivity contribution in [3.63, 3.8) is 0 Å². The van der Waals surface area contributed by atoms with Gasteiger partial charge in [0, 0.05) is 11.3 Å². The summed E-state index contributed by atoms with van der Waals surface area (Å²) in [4.78, 5) is 0. The molecule has 0 saturated carbocycles. The van der Waals surface area contributed by atoms with Gasteiger partial charge < -0.3 is 5.21 Å². The molecule has 0 unspecified atom stereocenters. The van der Waals surface area contributed by atoms with Crippen molar-refractivity contribution in [2.24, 2.45) is 5.16 Å². The van der Waals surface area contributed by atoms with Gasteiger partial charge in [0.1, 0.15) is 0 Å². The van der Waals surface area contributed by atoms with Crippen LogP contribution in [-0.2, 0) is 16.4 Å². The van der Waals surface area contributed by atoms with Crippen molar-refractivity contribution in [3.05, 3.63) is 29.3 Å². The van der Waals surface area contributed by atoms with E-state index in [1.807, 2.05) is 0 Å². The predicted molar refractivity (Wildman–Crippen MR) is 66.2 cm³/mol. The third-order valence-corrected chi connectivity index (χ3v) is 3.31. The van der Waals surface area contributed by atoms with E-state index in [9.17, 15) is 8.42 Å². The van der Waals surface area contributed by atoms with Crippen LogP contribution in [0.3, 0.4) is 0 Å². The van der Waals surface area contributed by atoms with E-state index in [2.05, 4.69) is 9.88 Å². The minimum absolute atomic E-state index is 0.547. The van der Waals surface area contributed by atoms with Crippen molar-refractivity contribution in [2.45, 2.75) is 19.3 Å². The van der Waals surface area contributed by atoms with Gasteiger partial charge in [-0.1, -0.05) is 11.2 Å². The Labute approximate surface area is 100 Å². The van der Waals surface area contributed by atoms with Crippen LogP contribution < -0.4 is 4.72 Å². The molecular formula is C11H14N2O3S. The van der Waals surface area contributed by atoms with Crippen molar-refractivity contribution in [3.8, 4) is 0 Å². The molecule has 1 aromatic carbocycles. The quantitative estimate of drug-likeness (QED) is 0.621. The van der Waals surface area contributed by atoms with Gasteiger partial charge in [0.2, 0.25) is 10.0 Å². The monoisotopic (exact) mass is 254 g/mol. The molecule has 0 atom stereocenters. The molecule has 1 aliphatic rings. The lowest BCUT2D eigenvalue weighted by Crippen LogP contribution is -2.14. The molecule has 0 fully saturated rings. The lowest BCUT2D eigenvalue weighted by molar-refractivity contribution is 0.317. The number of rotatable bonds is 2. The maximum absolute atomic E-state index is 11.1. The molecule has 0 aliphatic heterocycles. The molecule has 6 heteroatoms. The first-order chi connectivity index (χ1) is 7.99. The minimum Gasteiger partial charge on any atom is -0.411 e. The third kappa shape index (κ3) is 2.76. The zero-order chi connectivity index (χ0) is 12.5. The lowest BCUT2D eigenvalue weighted by Gasteiger charge is -2.17. The fourth-order valence-electron chi connectivity index (χ4n) is 2.04. The van der Waals surface area contributed by atoms with Crippen molar-refractivity contribution < 1.29 is 13.6 Å². The topological polar surface area (TPSA) is 78.8 Å². The molecule has 1 aromatic rings. The predicted octanol–water partition coefficient (Wildman–Crippen LogP) is 1.57. The van der Waals surface area contributed by atoms with Gasteiger partial charge in [-0.05, 0) is 37.0 Å². The van der Waals surface area contributed by atoms with Crippen LogP contribution in [0.2, 0.25) is 0 Å². The highest BCUT2D eigenvalue weighted by Crippen LogP contribution is 2.25. The Bertz CT molecular complexity index is 564. The second kappa shape index (κ2) is 4.37. The number of fused-ring (bicyclic) bond motifs is 1. The Morgan fingerprint density at radius 1 is 1.35 bits per heavy atom. The van der Waals surface area contributed by atoms with Gasteiger partial charge in [-0.25, -0.2) is 8.42 Å². The van der Waals surface area contributed by atoms with E-state index in [4.69, 9.17) is 5.21 Å². The van der Waals surface area contributed by atoms with Crippen molar-refractivity contribution in [2.75, 3.05) is 11.0 Å². The normalized spacial score (nSPS) is 17.8. The zero-order valence-corrected chi connectivity index (χ0v) is 10.3. The third-order valence-electron chi connectivity index (χ3n) is 2.70. The Morgan fingerprint density at radius 3 is 2.76 bits per heavy atom. The molecule has 0 amide bonds. The molecule has 2 rings (SSSR count). The van der Waals surface area contributed by atoms with Crippen LogP contribution in [0.25, 0.3) is 0 Å². The number of nitrogens with zero attached hydrogens (tertiary/aromatic N) is 1. The van der Waals surface area contributed by atoms with E-state index < -0.39 is 10.0 Å². The summed E-state index contributed by atoms with van der Waals surface area (Å²) in [6.45, 7) is 0. The van der Waals surface area contributed by atoms with Crippen LogP contribution in [-0.4, -0.2) is 25.6 Å². The molecule has 92 valence electrons. The number of benzene rings is 1. The van der Waals surface area contributed by atoms with Crippen molar-refractivity contribution >= 4 is 21.4 Å². The Balaban J connectivity index is 2.38. The smallest absolute Gasteiger partial charge is 0.229 e. The summed E-state index contributed by atoms with van der Waals surface area (Å²) in [7, 11) is -3.25. The number of hydrogen-bond donors (Lipinski definition) is 2. The number of hydrogen-bond acceptors (Lipinski definition) is 4. The Morgan fingerprint density at radius 2 is 2.12 bits per heavy atom. The molecule has 0 heterocycles. The number of nitrogens with one attached hydrogen (secondary N) is 1. The Kier molecular flexibility index (Phi) is 3.06. The van der Waals surface area contributed by atoms with Gasteiger partial charge in [-0.15, -0.1) is 0 Å². The number of sulfonamides is 1. The molecule has 0 saturated heterocycles. The summed E-state index contributed by atoms with van der Waals surface area (Å²) in [5.74, 6) is 0. The second-order valence-electron chi connectivity index (χ2n) is 4.15. The number of aryl methyl sites for hydroxylation is 1. The summed E-state index contributed by atoms with van der Waals surface area (Å²) in [6, 6.07) is 5.26. The Hall–Kier alpha value is -1.56.